The molecule has 0 N–H and O–H groups in total. The monoisotopic (exact) mass is 334 g/mol. The molecule has 0 aliphatic carbocycles. The zero-order chi connectivity index (χ0) is 17.8. The highest BCUT2D eigenvalue weighted by molar-refractivity contribution is 6.07. The summed E-state index contributed by atoms with van der Waals surface area (Å²) < 4.78 is 5.51. The van der Waals surface area contributed by atoms with Crippen LogP contribution in [0, 0.1) is 0 Å². The summed E-state index contributed by atoms with van der Waals surface area (Å²) in [6.45, 7) is 0. The first-order valence-corrected chi connectivity index (χ1v) is 7.84. The van der Waals surface area contributed by atoms with E-state index in [-0.39, 0.29) is 23.3 Å². The van der Waals surface area contributed by atoms with Crippen LogP contribution in [0.1, 0.15) is 21.1 Å². The predicted molar refractivity (Wildman–Crippen MR) is 97.1 cm³/mol. The molecule has 2 aromatic carbocycles. The van der Waals surface area contributed by atoms with E-state index >= 15 is 0 Å². The third kappa shape index (κ3) is 3.45. The number of carbonyl (C=O) groups is 2. The van der Waals surface area contributed by atoms with Gasteiger partial charge in [0.25, 0.3) is 11.8 Å². The number of rotatable bonds is 4. The van der Waals surface area contributed by atoms with E-state index in [9.17, 15) is 9.59 Å². The van der Waals surface area contributed by atoms with Gasteiger partial charge in [-0.05, 0) is 36.4 Å². The SMILES string of the molecule is CN(C(=O)c1ccc(C(=O)N(C)c2ccccc2)o1)c1ccccc1. The minimum atomic E-state index is -0.312. The predicted octanol–water partition coefficient (Wildman–Crippen LogP) is 3.83. The Kier molecular flexibility index (Phi) is 4.66. The molecule has 0 fully saturated rings. The molecule has 2 amide bonds. The maximum atomic E-state index is 12.5. The Bertz CT molecular complexity index is 800. The molecule has 0 unspecified atom stereocenters. The van der Waals surface area contributed by atoms with Gasteiger partial charge in [0.1, 0.15) is 0 Å². The van der Waals surface area contributed by atoms with E-state index < -0.39 is 0 Å². The number of nitrogens with zero attached hydrogens (tertiary/aromatic N) is 2. The first-order valence-electron chi connectivity index (χ1n) is 7.84. The quantitative estimate of drug-likeness (QED) is 0.728. The maximum absolute atomic E-state index is 12.5. The molecule has 3 aromatic rings. The van der Waals surface area contributed by atoms with E-state index in [1.807, 2.05) is 60.7 Å². The number of hydrogen-bond donors (Lipinski definition) is 0. The smallest absolute Gasteiger partial charge is 0.293 e. The summed E-state index contributed by atoms with van der Waals surface area (Å²) >= 11 is 0. The van der Waals surface area contributed by atoms with E-state index in [0.717, 1.165) is 11.4 Å². The lowest BCUT2D eigenvalue weighted by atomic mass is 10.2. The number of furan rings is 1. The van der Waals surface area contributed by atoms with Gasteiger partial charge in [0, 0.05) is 25.5 Å². The molecule has 0 atom stereocenters. The summed E-state index contributed by atoms with van der Waals surface area (Å²) in [6.07, 6.45) is 0. The summed E-state index contributed by atoms with van der Waals surface area (Å²) in [7, 11) is 3.33. The van der Waals surface area contributed by atoms with Crippen molar-refractivity contribution in [3.63, 3.8) is 0 Å². The minimum Gasteiger partial charge on any atom is -0.446 e. The molecule has 3 rings (SSSR count). The summed E-state index contributed by atoms with van der Waals surface area (Å²) in [5.41, 5.74) is 1.50. The van der Waals surface area contributed by atoms with Gasteiger partial charge in [-0.25, -0.2) is 0 Å². The molecule has 0 saturated carbocycles. The lowest BCUT2D eigenvalue weighted by Gasteiger charge is -2.16. The highest BCUT2D eigenvalue weighted by atomic mass is 16.4. The van der Waals surface area contributed by atoms with Crippen LogP contribution in [0.5, 0.6) is 0 Å². The van der Waals surface area contributed by atoms with Crippen molar-refractivity contribution in [3.8, 4) is 0 Å². The van der Waals surface area contributed by atoms with Crippen LogP contribution >= 0.6 is 0 Å². The molecular weight excluding hydrogens is 316 g/mol. The zero-order valence-electron chi connectivity index (χ0n) is 14.0. The molecule has 0 aliphatic heterocycles. The summed E-state index contributed by atoms with van der Waals surface area (Å²) in [6, 6.07) is 21.5. The lowest BCUT2D eigenvalue weighted by molar-refractivity contribution is 0.0942. The third-order valence-electron chi connectivity index (χ3n) is 3.92. The fourth-order valence-corrected chi connectivity index (χ4v) is 2.44. The Balaban J connectivity index is 1.78. The van der Waals surface area contributed by atoms with Gasteiger partial charge < -0.3 is 14.2 Å². The molecule has 5 heteroatoms. The topological polar surface area (TPSA) is 53.8 Å². The van der Waals surface area contributed by atoms with Crippen LogP contribution in [0.25, 0.3) is 0 Å². The summed E-state index contributed by atoms with van der Waals surface area (Å²) in [5, 5.41) is 0. The first-order chi connectivity index (χ1) is 12.1. The Morgan fingerprint density at radius 2 is 1.00 bits per heavy atom. The highest BCUT2D eigenvalue weighted by Gasteiger charge is 2.22. The standard InChI is InChI=1S/C20H18N2O3/c1-21(15-9-5-3-6-10-15)19(23)17-13-14-18(25-17)20(24)22(2)16-11-7-4-8-12-16/h3-14H,1-2H3. The van der Waals surface area contributed by atoms with Crippen molar-refractivity contribution < 1.29 is 14.0 Å². The second kappa shape index (κ2) is 7.05. The van der Waals surface area contributed by atoms with Gasteiger partial charge in [-0.1, -0.05) is 36.4 Å². The number of amides is 2. The minimum absolute atomic E-state index is 0.121. The number of benzene rings is 2. The van der Waals surface area contributed by atoms with E-state index in [1.165, 1.54) is 21.9 Å². The zero-order valence-corrected chi connectivity index (χ0v) is 14.0. The van der Waals surface area contributed by atoms with Gasteiger partial charge in [0.2, 0.25) is 0 Å². The van der Waals surface area contributed by atoms with Crippen LogP contribution in [0.15, 0.2) is 77.2 Å². The highest BCUT2D eigenvalue weighted by Crippen LogP contribution is 2.19. The Labute approximate surface area is 146 Å². The third-order valence-corrected chi connectivity index (χ3v) is 3.92. The summed E-state index contributed by atoms with van der Waals surface area (Å²) in [4.78, 5) is 28.0. The average Bonchev–Trinajstić information content (AvgIpc) is 3.17. The van der Waals surface area contributed by atoms with Crippen molar-refractivity contribution in [1.29, 1.82) is 0 Å². The van der Waals surface area contributed by atoms with Gasteiger partial charge in [-0.3, -0.25) is 9.59 Å². The van der Waals surface area contributed by atoms with E-state index in [4.69, 9.17) is 4.42 Å². The number of carbonyl (C=O) groups excluding carboxylic acids is 2. The molecule has 126 valence electrons. The van der Waals surface area contributed by atoms with Gasteiger partial charge in [-0.2, -0.15) is 0 Å². The molecule has 0 spiro atoms. The number of hydrogen-bond acceptors (Lipinski definition) is 3. The van der Waals surface area contributed by atoms with Crippen LogP contribution < -0.4 is 9.80 Å². The first kappa shape index (κ1) is 16.5. The van der Waals surface area contributed by atoms with Crippen molar-refractivity contribution in [2.24, 2.45) is 0 Å². The molecular formula is C20H18N2O3. The van der Waals surface area contributed by atoms with Crippen molar-refractivity contribution in [3.05, 3.63) is 84.3 Å². The molecule has 1 heterocycles. The Morgan fingerprint density at radius 3 is 1.36 bits per heavy atom. The van der Waals surface area contributed by atoms with Crippen LogP contribution in [0.3, 0.4) is 0 Å². The van der Waals surface area contributed by atoms with Crippen LogP contribution in [-0.2, 0) is 0 Å². The average molecular weight is 334 g/mol. The van der Waals surface area contributed by atoms with Gasteiger partial charge >= 0.3 is 0 Å². The normalized spacial score (nSPS) is 10.3. The molecule has 25 heavy (non-hydrogen) atoms. The lowest BCUT2D eigenvalue weighted by Crippen LogP contribution is -2.26. The Morgan fingerprint density at radius 1 is 0.640 bits per heavy atom. The van der Waals surface area contributed by atoms with Gasteiger partial charge in [-0.15, -0.1) is 0 Å². The fourth-order valence-electron chi connectivity index (χ4n) is 2.44. The molecule has 0 saturated heterocycles. The van der Waals surface area contributed by atoms with Crippen LogP contribution in [0.2, 0.25) is 0 Å². The van der Waals surface area contributed by atoms with Crippen LogP contribution in [0.4, 0.5) is 11.4 Å². The Hall–Kier alpha value is -3.34. The second-order valence-corrected chi connectivity index (χ2v) is 5.56. The summed E-state index contributed by atoms with van der Waals surface area (Å²) in [5.74, 6) is -0.382. The molecule has 0 radical (unpaired) electrons. The molecule has 1 aromatic heterocycles. The second-order valence-electron chi connectivity index (χ2n) is 5.56. The number of para-hydroxylation sites is 2. The number of anilines is 2. The fraction of sp³-hybridized carbons (Fsp3) is 0.100. The van der Waals surface area contributed by atoms with E-state index in [2.05, 4.69) is 0 Å². The molecule has 0 bridgehead atoms. The van der Waals surface area contributed by atoms with Crippen molar-refractivity contribution in [2.45, 2.75) is 0 Å². The van der Waals surface area contributed by atoms with E-state index in [0.29, 0.717) is 0 Å². The van der Waals surface area contributed by atoms with Crippen LogP contribution in [-0.4, -0.2) is 25.9 Å². The molecule has 0 aliphatic rings. The van der Waals surface area contributed by atoms with Gasteiger partial charge in [0.05, 0.1) is 0 Å². The van der Waals surface area contributed by atoms with E-state index in [1.54, 1.807) is 14.1 Å². The largest absolute Gasteiger partial charge is 0.446 e. The molecule has 5 nitrogen and oxygen atoms in total. The van der Waals surface area contributed by atoms with Crippen molar-refractivity contribution in [1.82, 2.24) is 0 Å². The van der Waals surface area contributed by atoms with Gasteiger partial charge in [0.15, 0.2) is 11.5 Å². The van der Waals surface area contributed by atoms with Crippen molar-refractivity contribution in [2.75, 3.05) is 23.9 Å². The van der Waals surface area contributed by atoms with Crippen molar-refractivity contribution >= 4 is 23.2 Å². The maximum Gasteiger partial charge on any atom is 0.293 e.